The van der Waals surface area contributed by atoms with E-state index in [0.29, 0.717) is 64.2 Å². The smallest absolute Gasteiger partial charge is 0.338 e. The summed E-state index contributed by atoms with van der Waals surface area (Å²) >= 11 is 12.4. The fourth-order valence-electron chi connectivity index (χ4n) is 3.07. The maximum atomic E-state index is 12.3. The minimum atomic E-state index is -0.586. The van der Waals surface area contributed by atoms with Crippen LogP contribution in [-0.2, 0) is 9.53 Å². The van der Waals surface area contributed by atoms with E-state index >= 15 is 0 Å². The highest BCUT2D eigenvalue weighted by atomic mass is 35.5. The first-order valence-corrected chi connectivity index (χ1v) is 10.6. The van der Waals surface area contributed by atoms with E-state index in [1.807, 2.05) is 0 Å². The molecule has 0 radical (unpaired) electrons. The lowest BCUT2D eigenvalue weighted by Gasteiger charge is -2.15. The molecule has 0 aliphatic carbocycles. The third-order valence-corrected chi connectivity index (χ3v) is 5.24. The largest absolute Gasteiger partial charge is 0.493 e. The molecule has 0 bridgehead atoms. The van der Waals surface area contributed by atoms with E-state index in [4.69, 9.17) is 37.1 Å². The number of nitrogens with one attached hydrogen (secondary N) is 1. The molecule has 0 aliphatic heterocycles. The molecule has 3 aromatic rings. The molecule has 1 aromatic carbocycles. The Balaban J connectivity index is 1.87. The van der Waals surface area contributed by atoms with Gasteiger partial charge in [-0.1, -0.05) is 23.2 Å². The molecular weight excluding hydrogens is 459 g/mol. The summed E-state index contributed by atoms with van der Waals surface area (Å²) in [5.41, 5.74) is 0.503. The normalized spacial score (nSPS) is 10.8. The van der Waals surface area contributed by atoms with Gasteiger partial charge in [-0.05, 0) is 31.4 Å². The van der Waals surface area contributed by atoms with Crippen LogP contribution in [0.25, 0.3) is 11.0 Å². The number of fused-ring (bicyclic) bond motifs is 1. The van der Waals surface area contributed by atoms with Crippen LogP contribution in [0.1, 0.15) is 25.7 Å². The fraction of sp³-hybridized carbons (Fsp3) is 0.318. The summed E-state index contributed by atoms with van der Waals surface area (Å²) < 4.78 is 21.4. The van der Waals surface area contributed by atoms with E-state index in [0.717, 1.165) is 6.42 Å². The average Bonchev–Trinajstić information content (AvgIpc) is 2.78. The molecule has 0 saturated heterocycles. The van der Waals surface area contributed by atoms with E-state index in [-0.39, 0.29) is 11.6 Å². The molecule has 0 saturated carbocycles. The predicted molar refractivity (Wildman–Crippen MR) is 123 cm³/mol. The van der Waals surface area contributed by atoms with Crippen LogP contribution in [0.15, 0.2) is 39.8 Å². The molecule has 3 rings (SSSR count). The number of benzene rings is 1. The quantitative estimate of drug-likeness (QED) is 0.235. The third-order valence-electron chi connectivity index (χ3n) is 4.66. The van der Waals surface area contributed by atoms with Crippen molar-refractivity contribution in [3.05, 3.63) is 51.1 Å². The first-order chi connectivity index (χ1) is 15.4. The zero-order chi connectivity index (χ0) is 23.1. The summed E-state index contributed by atoms with van der Waals surface area (Å²) in [7, 11) is 2.87. The first-order valence-electron chi connectivity index (χ1n) is 9.85. The van der Waals surface area contributed by atoms with Crippen molar-refractivity contribution in [2.45, 2.75) is 25.7 Å². The van der Waals surface area contributed by atoms with Gasteiger partial charge in [0.1, 0.15) is 0 Å². The number of hydrogen-bond donors (Lipinski definition) is 1. The van der Waals surface area contributed by atoms with Crippen molar-refractivity contribution in [3.63, 3.8) is 0 Å². The van der Waals surface area contributed by atoms with Crippen LogP contribution in [0.5, 0.6) is 11.5 Å². The molecular formula is C22H22Cl2N2O6. The third kappa shape index (κ3) is 5.63. The molecule has 0 amide bonds. The van der Waals surface area contributed by atoms with Gasteiger partial charge in [-0.2, -0.15) is 0 Å². The van der Waals surface area contributed by atoms with Crippen LogP contribution >= 0.6 is 23.2 Å². The van der Waals surface area contributed by atoms with Crippen LogP contribution in [0.2, 0.25) is 10.0 Å². The fourth-order valence-corrected chi connectivity index (χ4v) is 3.53. The van der Waals surface area contributed by atoms with Gasteiger partial charge in [0.05, 0.1) is 42.2 Å². The molecule has 0 atom stereocenters. The van der Waals surface area contributed by atoms with E-state index in [9.17, 15) is 9.59 Å². The Labute approximate surface area is 194 Å². The minimum Gasteiger partial charge on any atom is -0.493 e. The lowest BCUT2D eigenvalue weighted by molar-refractivity contribution is -0.140. The van der Waals surface area contributed by atoms with Gasteiger partial charge < -0.3 is 23.9 Å². The molecule has 8 nitrogen and oxygen atoms in total. The van der Waals surface area contributed by atoms with Gasteiger partial charge >= 0.3 is 11.6 Å². The molecule has 2 aromatic heterocycles. The Morgan fingerprint density at radius 1 is 1.12 bits per heavy atom. The second-order valence-corrected chi connectivity index (χ2v) is 7.61. The Bertz CT molecular complexity index is 1140. The zero-order valence-corrected chi connectivity index (χ0v) is 19.1. The highest BCUT2D eigenvalue weighted by molar-refractivity contribution is 6.39. The van der Waals surface area contributed by atoms with Crippen molar-refractivity contribution in [1.82, 2.24) is 4.98 Å². The van der Waals surface area contributed by atoms with E-state index in [1.54, 1.807) is 12.1 Å². The standard InChI is InChI=1S/C22H22Cl2N2O6/c1-29-17-8-7-13-16(26-20-14(23)11-25-12-15(20)24)10-19(28)32-21(13)22(17)31-9-5-3-4-6-18(27)30-2/h7-8,10-12H,3-6,9H2,1-2H3,(H,25,26). The van der Waals surface area contributed by atoms with Crippen molar-refractivity contribution in [2.24, 2.45) is 0 Å². The summed E-state index contributed by atoms with van der Waals surface area (Å²) in [6, 6.07) is 4.76. The van der Waals surface area contributed by atoms with E-state index in [1.165, 1.54) is 32.7 Å². The summed E-state index contributed by atoms with van der Waals surface area (Å²) in [6.45, 7) is 0.347. The number of ether oxygens (including phenoxy) is 3. The van der Waals surface area contributed by atoms with Gasteiger partial charge in [-0.15, -0.1) is 0 Å². The number of halogens is 2. The Morgan fingerprint density at radius 3 is 2.56 bits per heavy atom. The van der Waals surface area contributed by atoms with E-state index in [2.05, 4.69) is 15.0 Å². The number of unbranched alkanes of at least 4 members (excludes halogenated alkanes) is 2. The summed E-state index contributed by atoms with van der Waals surface area (Å²) in [4.78, 5) is 27.4. The summed E-state index contributed by atoms with van der Waals surface area (Å²) in [5.74, 6) is 0.496. The minimum absolute atomic E-state index is 0.232. The maximum absolute atomic E-state index is 12.3. The van der Waals surface area contributed by atoms with Gasteiger partial charge in [0, 0.05) is 30.3 Å². The number of esters is 1. The molecule has 0 aliphatic rings. The van der Waals surface area contributed by atoms with Gasteiger partial charge in [-0.25, -0.2) is 4.79 Å². The number of hydrogen-bond acceptors (Lipinski definition) is 8. The predicted octanol–water partition coefficient (Wildman–Crippen LogP) is 5.36. The van der Waals surface area contributed by atoms with Crippen molar-refractivity contribution in [3.8, 4) is 11.5 Å². The maximum Gasteiger partial charge on any atom is 0.338 e. The molecule has 0 fully saturated rings. The number of aromatic nitrogens is 1. The van der Waals surface area contributed by atoms with Gasteiger partial charge in [0.2, 0.25) is 5.75 Å². The van der Waals surface area contributed by atoms with Crippen LogP contribution in [0.4, 0.5) is 11.4 Å². The monoisotopic (exact) mass is 480 g/mol. The molecule has 2 heterocycles. The highest BCUT2D eigenvalue weighted by Gasteiger charge is 2.17. The van der Waals surface area contributed by atoms with Crippen LogP contribution in [-0.4, -0.2) is 31.8 Å². The summed E-state index contributed by atoms with van der Waals surface area (Å²) in [5, 5.41) is 4.27. The van der Waals surface area contributed by atoms with Crippen molar-refractivity contribution in [2.75, 3.05) is 26.1 Å². The number of rotatable bonds is 10. The molecule has 0 unspecified atom stereocenters. The van der Waals surface area contributed by atoms with Gasteiger partial charge in [-0.3, -0.25) is 9.78 Å². The average molecular weight is 481 g/mol. The van der Waals surface area contributed by atoms with E-state index < -0.39 is 5.63 Å². The lowest BCUT2D eigenvalue weighted by Crippen LogP contribution is -2.05. The zero-order valence-electron chi connectivity index (χ0n) is 17.6. The molecule has 32 heavy (non-hydrogen) atoms. The number of carbonyl (C=O) groups excluding carboxylic acids is 1. The Hall–Kier alpha value is -2.97. The van der Waals surface area contributed by atoms with Crippen LogP contribution in [0, 0.1) is 0 Å². The lowest BCUT2D eigenvalue weighted by atomic mass is 10.1. The number of carbonyl (C=O) groups is 1. The van der Waals surface area contributed by atoms with Gasteiger partial charge in [0.25, 0.3) is 0 Å². The Morgan fingerprint density at radius 2 is 1.88 bits per heavy atom. The number of methoxy groups -OCH3 is 2. The molecule has 1 N–H and O–H groups in total. The topological polar surface area (TPSA) is 99.9 Å². The van der Waals surface area contributed by atoms with Gasteiger partial charge in [0.15, 0.2) is 11.3 Å². The SMILES string of the molecule is COC(=O)CCCCCOc1c(OC)ccc2c(Nc3c(Cl)cncc3Cl)cc(=O)oc12. The molecule has 0 spiro atoms. The second-order valence-electron chi connectivity index (χ2n) is 6.79. The van der Waals surface area contributed by atoms with Crippen LogP contribution < -0.4 is 20.4 Å². The highest BCUT2D eigenvalue weighted by Crippen LogP contribution is 2.40. The second kappa shape index (κ2) is 11.1. The Kier molecular flexibility index (Phi) is 8.19. The number of anilines is 2. The molecule has 10 heteroatoms. The first kappa shape index (κ1) is 23.7. The summed E-state index contributed by atoms with van der Waals surface area (Å²) in [6.07, 6.45) is 5.42. The van der Waals surface area contributed by atoms with Crippen molar-refractivity contribution >= 4 is 51.5 Å². The van der Waals surface area contributed by atoms with Crippen LogP contribution in [0.3, 0.4) is 0 Å². The number of pyridine rings is 1. The number of nitrogens with zero attached hydrogens (tertiary/aromatic N) is 1. The van der Waals surface area contributed by atoms with Crippen molar-refractivity contribution in [1.29, 1.82) is 0 Å². The molecule has 170 valence electrons. The van der Waals surface area contributed by atoms with Crippen molar-refractivity contribution < 1.29 is 23.4 Å².